The van der Waals surface area contributed by atoms with Crippen molar-refractivity contribution in [2.24, 2.45) is 5.92 Å². The van der Waals surface area contributed by atoms with Gasteiger partial charge in [0, 0.05) is 24.7 Å². The highest BCUT2D eigenvalue weighted by Gasteiger charge is 2.23. The number of benzene rings is 1. The van der Waals surface area contributed by atoms with Crippen LogP contribution in [0, 0.1) is 11.7 Å². The lowest BCUT2D eigenvalue weighted by atomic mass is 9.96. The Bertz CT molecular complexity index is 379. The summed E-state index contributed by atoms with van der Waals surface area (Å²) in [5, 5.41) is 10.2. The fourth-order valence-corrected chi connectivity index (χ4v) is 2.93. The number of anilines is 1. The molecular weight excluding hydrogens is 241 g/mol. The first kappa shape index (κ1) is 14.3. The van der Waals surface area contributed by atoms with Gasteiger partial charge in [0.15, 0.2) is 0 Å². The van der Waals surface area contributed by atoms with Crippen molar-refractivity contribution in [2.45, 2.75) is 45.1 Å². The molecule has 3 heteroatoms. The second kappa shape index (κ2) is 6.90. The molecule has 0 radical (unpaired) electrons. The summed E-state index contributed by atoms with van der Waals surface area (Å²) < 4.78 is 13.0. The maximum absolute atomic E-state index is 13.0. The third-order valence-corrected chi connectivity index (χ3v) is 4.15. The minimum atomic E-state index is -0.200. The summed E-state index contributed by atoms with van der Waals surface area (Å²) in [4.78, 5) is 2.23. The molecule has 1 N–H and O–H groups in total. The van der Waals surface area contributed by atoms with Crippen molar-refractivity contribution in [1.29, 1.82) is 0 Å². The van der Waals surface area contributed by atoms with Crippen molar-refractivity contribution in [1.82, 2.24) is 0 Å². The van der Waals surface area contributed by atoms with E-state index in [0.29, 0.717) is 5.92 Å². The Hall–Kier alpha value is -1.09. The molecule has 2 rings (SSSR count). The molecule has 106 valence electrons. The van der Waals surface area contributed by atoms with Crippen LogP contribution in [0.4, 0.5) is 10.1 Å². The quantitative estimate of drug-likeness (QED) is 0.841. The van der Waals surface area contributed by atoms with Gasteiger partial charge in [0.2, 0.25) is 0 Å². The number of nitrogens with zero attached hydrogens (tertiary/aromatic N) is 1. The normalized spacial score (nSPS) is 23.9. The van der Waals surface area contributed by atoms with E-state index < -0.39 is 0 Å². The van der Waals surface area contributed by atoms with Gasteiger partial charge in [-0.2, -0.15) is 0 Å². The van der Waals surface area contributed by atoms with Crippen LogP contribution in [0.2, 0.25) is 0 Å². The number of hydrogen-bond acceptors (Lipinski definition) is 2. The molecule has 0 spiro atoms. The molecule has 1 aromatic rings. The standard InChI is InChI=1S/C16H24FNO/c1-2-18(15-10-8-14(17)9-11-15)12-13-6-4-3-5-7-16(13)19/h8-11,13,16,19H,2-7,12H2,1H3. The third-order valence-electron chi connectivity index (χ3n) is 4.15. The summed E-state index contributed by atoms with van der Waals surface area (Å²) in [6.07, 6.45) is 5.42. The number of aliphatic hydroxyl groups excluding tert-OH is 1. The highest BCUT2D eigenvalue weighted by Crippen LogP contribution is 2.26. The third kappa shape index (κ3) is 3.93. The molecule has 0 bridgehead atoms. The van der Waals surface area contributed by atoms with Crippen LogP contribution in [0.25, 0.3) is 0 Å². The smallest absolute Gasteiger partial charge is 0.123 e. The average Bonchev–Trinajstić information content (AvgIpc) is 2.62. The lowest BCUT2D eigenvalue weighted by Gasteiger charge is -2.30. The number of hydrogen-bond donors (Lipinski definition) is 1. The number of halogens is 1. The van der Waals surface area contributed by atoms with Gasteiger partial charge in [0.05, 0.1) is 6.10 Å². The van der Waals surface area contributed by atoms with Crippen molar-refractivity contribution in [3.8, 4) is 0 Å². The molecule has 0 saturated heterocycles. The fraction of sp³-hybridized carbons (Fsp3) is 0.625. The summed E-state index contributed by atoms with van der Waals surface area (Å²) in [6, 6.07) is 6.65. The number of aliphatic hydroxyl groups is 1. The van der Waals surface area contributed by atoms with E-state index in [4.69, 9.17) is 0 Å². The summed E-state index contributed by atoms with van der Waals surface area (Å²) in [6.45, 7) is 3.85. The lowest BCUT2D eigenvalue weighted by Crippen LogP contribution is -2.34. The van der Waals surface area contributed by atoms with Gasteiger partial charge in [0.25, 0.3) is 0 Å². The van der Waals surface area contributed by atoms with E-state index in [1.54, 1.807) is 0 Å². The highest BCUT2D eigenvalue weighted by molar-refractivity contribution is 5.46. The molecule has 0 amide bonds. The van der Waals surface area contributed by atoms with E-state index in [0.717, 1.165) is 38.0 Å². The maximum Gasteiger partial charge on any atom is 0.123 e. The van der Waals surface area contributed by atoms with Crippen LogP contribution in [-0.4, -0.2) is 24.3 Å². The molecule has 2 unspecified atom stereocenters. The summed E-state index contributed by atoms with van der Waals surface area (Å²) >= 11 is 0. The molecule has 1 fully saturated rings. The predicted octanol–water partition coefficient (Wildman–Crippen LogP) is 3.59. The van der Waals surface area contributed by atoms with Gasteiger partial charge in [-0.05, 0) is 44.0 Å². The van der Waals surface area contributed by atoms with Crippen LogP contribution in [-0.2, 0) is 0 Å². The van der Waals surface area contributed by atoms with Crippen LogP contribution < -0.4 is 4.90 Å². The van der Waals surface area contributed by atoms with E-state index in [-0.39, 0.29) is 11.9 Å². The molecule has 2 atom stereocenters. The largest absolute Gasteiger partial charge is 0.393 e. The maximum atomic E-state index is 13.0. The van der Waals surface area contributed by atoms with E-state index in [1.165, 1.54) is 25.0 Å². The second-order valence-corrected chi connectivity index (χ2v) is 5.48. The number of rotatable bonds is 4. The first-order valence-corrected chi connectivity index (χ1v) is 7.39. The van der Waals surface area contributed by atoms with Crippen LogP contribution in [0.5, 0.6) is 0 Å². The summed E-state index contributed by atoms with van der Waals surface area (Å²) in [5.41, 5.74) is 1.04. The molecule has 0 aromatic heterocycles. The van der Waals surface area contributed by atoms with E-state index >= 15 is 0 Å². The molecule has 1 aliphatic carbocycles. The topological polar surface area (TPSA) is 23.5 Å². The van der Waals surface area contributed by atoms with Crippen LogP contribution >= 0.6 is 0 Å². The Morgan fingerprint density at radius 1 is 1.16 bits per heavy atom. The van der Waals surface area contributed by atoms with Gasteiger partial charge in [-0.15, -0.1) is 0 Å². The predicted molar refractivity (Wildman–Crippen MR) is 76.9 cm³/mol. The Morgan fingerprint density at radius 2 is 1.84 bits per heavy atom. The summed E-state index contributed by atoms with van der Waals surface area (Å²) in [5.74, 6) is 0.141. The van der Waals surface area contributed by atoms with Gasteiger partial charge in [-0.3, -0.25) is 0 Å². The molecule has 19 heavy (non-hydrogen) atoms. The SMILES string of the molecule is CCN(CC1CCCCCC1O)c1ccc(F)cc1. The Kier molecular flexibility index (Phi) is 5.20. The van der Waals surface area contributed by atoms with Gasteiger partial charge in [0.1, 0.15) is 5.82 Å². The molecular formula is C16H24FNO. The molecule has 1 saturated carbocycles. The molecule has 1 aliphatic rings. The lowest BCUT2D eigenvalue weighted by molar-refractivity contribution is 0.104. The van der Waals surface area contributed by atoms with Crippen molar-refractivity contribution in [3.63, 3.8) is 0 Å². The van der Waals surface area contributed by atoms with Crippen molar-refractivity contribution >= 4 is 5.69 Å². The first-order chi connectivity index (χ1) is 9.20. The van der Waals surface area contributed by atoms with Crippen molar-refractivity contribution < 1.29 is 9.50 Å². The van der Waals surface area contributed by atoms with E-state index in [1.807, 2.05) is 12.1 Å². The Labute approximate surface area is 115 Å². The fourth-order valence-electron chi connectivity index (χ4n) is 2.93. The molecule has 1 aromatic carbocycles. The van der Waals surface area contributed by atoms with Crippen molar-refractivity contribution in [3.05, 3.63) is 30.1 Å². The zero-order chi connectivity index (χ0) is 13.7. The molecule has 2 nitrogen and oxygen atoms in total. The van der Waals surface area contributed by atoms with Gasteiger partial charge >= 0.3 is 0 Å². The molecule has 0 heterocycles. The van der Waals surface area contributed by atoms with Crippen LogP contribution in [0.1, 0.15) is 39.0 Å². The van der Waals surface area contributed by atoms with Crippen LogP contribution in [0.15, 0.2) is 24.3 Å². The minimum absolute atomic E-state index is 0.183. The highest BCUT2D eigenvalue weighted by atomic mass is 19.1. The average molecular weight is 265 g/mol. The second-order valence-electron chi connectivity index (χ2n) is 5.48. The Morgan fingerprint density at radius 3 is 2.53 bits per heavy atom. The van der Waals surface area contributed by atoms with E-state index in [9.17, 15) is 9.50 Å². The molecule has 0 aliphatic heterocycles. The minimum Gasteiger partial charge on any atom is -0.393 e. The zero-order valence-electron chi connectivity index (χ0n) is 11.7. The van der Waals surface area contributed by atoms with Gasteiger partial charge in [-0.25, -0.2) is 4.39 Å². The van der Waals surface area contributed by atoms with Crippen LogP contribution in [0.3, 0.4) is 0 Å². The first-order valence-electron chi connectivity index (χ1n) is 7.39. The summed E-state index contributed by atoms with van der Waals surface area (Å²) in [7, 11) is 0. The zero-order valence-corrected chi connectivity index (χ0v) is 11.7. The Balaban J connectivity index is 2.03. The van der Waals surface area contributed by atoms with E-state index in [2.05, 4.69) is 11.8 Å². The monoisotopic (exact) mass is 265 g/mol. The van der Waals surface area contributed by atoms with Gasteiger partial charge in [-0.1, -0.05) is 19.3 Å². The van der Waals surface area contributed by atoms with Crippen molar-refractivity contribution in [2.75, 3.05) is 18.0 Å². The van der Waals surface area contributed by atoms with Gasteiger partial charge < -0.3 is 10.0 Å².